The molecule has 1 aromatic heterocycles. The van der Waals surface area contributed by atoms with Gasteiger partial charge in [0.1, 0.15) is 0 Å². The van der Waals surface area contributed by atoms with E-state index in [2.05, 4.69) is 33.4 Å². The van der Waals surface area contributed by atoms with E-state index in [9.17, 15) is 4.79 Å². The molecule has 0 aliphatic heterocycles. The van der Waals surface area contributed by atoms with Crippen LogP contribution < -0.4 is 10.6 Å². The number of nitrogens with zero attached hydrogens (tertiary/aromatic N) is 2. The number of aromatic nitrogens is 2. The van der Waals surface area contributed by atoms with Crippen LogP contribution in [0, 0.1) is 0 Å². The number of para-hydroxylation sites is 2. The first-order valence-electron chi connectivity index (χ1n) is 9.77. The van der Waals surface area contributed by atoms with Gasteiger partial charge in [0.25, 0.3) is 0 Å². The summed E-state index contributed by atoms with van der Waals surface area (Å²) in [6.45, 7) is 3.56. The third-order valence-corrected chi connectivity index (χ3v) is 4.97. The summed E-state index contributed by atoms with van der Waals surface area (Å²) < 4.78 is 2.41. The molecule has 0 radical (unpaired) electrons. The van der Waals surface area contributed by atoms with Crippen molar-refractivity contribution >= 4 is 22.9 Å². The molecule has 0 atom stereocenters. The van der Waals surface area contributed by atoms with Gasteiger partial charge in [-0.2, -0.15) is 0 Å². The van der Waals surface area contributed by atoms with Crippen LogP contribution in [0.2, 0.25) is 0 Å². The highest BCUT2D eigenvalue weighted by Gasteiger charge is 2.21. The van der Waals surface area contributed by atoms with E-state index in [4.69, 9.17) is 4.98 Å². The largest absolute Gasteiger partial charge is 0.356 e. The number of carbonyl (C=O) groups excluding carboxylic acids is 1. The molecule has 25 heavy (non-hydrogen) atoms. The Balaban J connectivity index is 1.63. The van der Waals surface area contributed by atoms with Crippen LogP contribution in [-0.4, -0.2) is 28.5 Å². The molecule has 3 rings (SSSR count). The second-order valence-corrected chi connectivity index (χ2v) is 6.97. The molecule has 0 bridgehead atoms. The molecule has 136 valence electrons. The second kappa shape index (κ2) is 8.88. The van der Waals surface area contributed by atoms with Crippen molar-refractivity contribution in [2.45, 2.75) is 64.3 Å². The number of nitrogens with one attached hydrogen (secondary N) is 2. The van der Waals surface area contributed by atoms with Crippen molar-refractivity contribution in [2.75, 3.05) is 18.4 Å². The van der Waals surface area contributed by atoms with E-state index < -0.39 is 0 Å². The minimum atomic E-state index is 0.150. The first kappa shape index (κ1) is 17.8. The van der Waals surface area contributed by atoms with Crippen LogP contribution in [0.4, 0.5) is 5.95 Å². The molecule has 0 spiro atoms. The van der Waals surface area contributed by atoms with Crippen molar-refractivity contribution in [3.8, 4) is 0 Å². The fraction of sp³-hybridized carbons (Fsp3) is 0.600. The normalized spacial score (nSPS) is 15.4. The lowest BCUT2D eigenvalue weighted by atomic mass is 9.95. The summed E-state index contributed by atoms with van der Waals surface area (Å²) in [6, 6.07) is 8.95. The first-order valence-corrected chi connectivity index (χ1v) is 9.77. The maximum Gasteiger partial charge on any atom is 0.219 e. The van der Waals surface area contributed by atoms with E-state index >= 15 is 0 Å². The molecule has 1 fully saturated rings. The van der Waals surface area contributed by atoms with E-state index in [1.165, 1.54) is 37.6 Å². The molecular weight excluding hydrogens is 312 g/mol. The molecule has 5 nitrogen and oxygen atoms in total. The van der Waals surface area contributed by atoms with Gasteiger partial charge < -0.3 is 15.2 Å². The Kier molecular flexibility index (Phi) is 6.31. The lowest BCUT2D eigenvalue weighted by Gasteiger charge is -2.25. The molecule has 2 N–H and O–H groups in total. The standard InChI is InChI=1S/C20H30N4O/c1-2-9-19(25)21-14-8-15-22-20-23-17-12-6-7-13-18(17)24(20)16-10-4-3-5-11-16/h6-7,12-13,16H,2-5,8-11,14-15H2,1H3,(H,21,25)(H,22,23). The number of hydrogen-bond acceptors (Lipinski definition) is 3. The van der Waals surface area contributed by atoms with Crippen LogP contribution in [0.3, 0.4) is 0 Å². The van der Waals surface area contributed by atoms with E-state index in [0.717, 1.165) is 37.4 Å². The summed E-state index contributed by atoms with van der Waals surface area (Å²) in [5, 5.41) is 6.47. The Labute approximate surface area is 150 Å². The number of rotatable bonds is 8. The Bertz CT molecular complexity index is 688. The number of fused-ring (bicyclic) bond motifs is 1. The van der Waals surface area contributed by atoms with Crippen LogP contribution >= 0.6 is 0 Å². The number of imidazole rings is 1. The predicted octanol–water partition coefficient (Wildman–Crippen LogP) is 4.26. The van der Waals surface area contributed by atoms with Crippen molar-refractivity contribution in [1.29, 1.82) is 0 Å². The Morgan fingerprint density at radius 3 is 2.80 bits per heavy atom. The Hall–Kier alpha value is -2.04. The summed E-state index contributed by atoms with van der Waals surface area (Å²) in [5.74, 6) is 1.13. The molecule has 1 aliphatic rings. The zero-order chi connectivity index (χ0) is 17.5. The quantitative estimate of drug-likeness (QED) is 0.705. The van der Waals surface area contributed by atoms with Crippen molar-refractivity contribution in [3.05, 3.63) is 24.3 Å². The summed E-state index contributed by atoms with van der Waals surface area (Å²) in [6.07, 6.45) is 8.86. The molecule has 0 saturated heterocycles. The van der Waals surface area contributed by atoms with Gasteiger partial charge in [0, 0.05) is 25.6 Å². The first-order chi connectivity index (χ1) is 12.3. The van der Waals surface area contributed by atoms with Gasteiger partial charge in [-0.3, -0.25) is 4.79 Å². The molecule has 1 heterocycles. The number of hydrogen-bond donors (Lipinski definition) is 2. The van der Waals surface area contributed by atoms with Gasteiger partial charge in [-0.15, -0.1) is 0 Å². The number of amides is 1. The van der Waals surface area contributed by atoms with Crippen molar-refractivity contribution < 1.29 is 4.79 Å². The molecule has 5 heteroatoms. The lowest BCUT2D eigenvalue weighted by molar-refractivity contribution is -0.121. The average molecular weight is 342 g/mol. The average Bonchev–Trinajstić information content (AvgIpc) is 3.00. The van der Waals surface area contributed by atoms with Crippen molar-refractivity contribution in [1.82, 2.24) is 14.9 Å². The SMILES string of the molecule is CCCC(=O)NCCCNc1nc2ccccc2n1C1CCCCC1. The molecule has 0 unspecified atom stereocenters. The minimum absolute atomic E-state index is 0.150. The fourth-order valence-corrected chi connectivity index (χ4v) is 3.71. The van der Waals surface area contributed by atoms with Crippen LogP contribution in [0.25, 0.3) is 11.0 Å². The minimum Gasteiger partial charge on any atom is -0.356 e. The molecule has 1 aromatic carbocycles. The zero-order valence-corrected chi connectivity index (χ0v) is 15.3. The van der Waals surface area contributed by atoms with Crippen LogP contribution in [-0.2, 0) is 4.79 Å². The third kappa shape index (κ3) is 4.53. The zero-order valence-electron chi connectivity index (χ0n) is 15.3. The topological polar surface area (TPSA) is 59.0 Å². The molecule has 2 aromatic rings. The number of carbonyl (C=O) groups is 1. The van der Waals surface area contributed by atoms with Gasteiger partial charge in [-0.25, -0.2) is 4.98 Å². The van der Waals surface area contributed by atoms with Crippen molar-refractivity contribution in [3.63, 3.8) is 0 Å². The summed E-state index contributed by atoms with van der Waals surface area (Å²) in [7, 11) is 0. The van der Waals surface area contributed by atoms with Gasteiger partial charge in [0.05, 0.1) is 11.0 Å². The number of benzene rings is 1. The summed E-state index contributed by atoms with van der Waals surface area (Å²) in [4.78, 5) is 16.3. The molecule has 1 amide bonds. The summed E-state index contributed by atoms with van der Waals surface area (Å²) in [5.41, 5.74) is 2.29. The van der Waals surface area contributed by atoms with Gasteiger partial charge >= 0.3 is 0 Å². The van der Waals surface area contributed by atoms with Gasteiger partial charge in [0.15, 0.2) is 0 Å². The fourth-order valence-electron chi connectivity index (χ4n) is 3.71. The van der Waals surface area contributed by atoms with E-state index in [0.29, 0.717) is 12.5 Å². The highest BCUT2D eigenvalue weighted by atomic mass is 16.1. The lowest BCUT2D eigenvalue weighted by Crippen LogP contribution is -2.25. The highest BCUT2D eigenvalue weighted by Crippen LogP contribution is 2.34. The van der Waals surface area contributed by atoms with Crippen LogP contribution in [0.5, 0.6) is 0 Å². The molecule has 1 saturated carbocycles. The Morgan fingerprint density at radius 2 is 2.00 bits per heavy atom. The number of anilines is 1. The van der Waals surface area contributed by atoms with Crippen LogP contribution in [0.1, 0.15) is 64.3 Å². The third-order valence-electron chi connectivity index (χ3n) is 4.97. The van der Waals surface area contributed by atoms with E-state index in [1.807, 2.05) is 13.0 Å². The maximum atomic E-state index is 11.5. The monoisotopic (exact) mass is 342 g/mol. The Morgan fingerprint density at radius 1 is 1.20 bits per heavy atom. The van der Waals surface area contributed by atoms with Crippen molar-refractivity contribution in [2.24, 2.45) is 0 Å². The van der Waals surface area contributed by atoms with E-state index in [1.54, 1.807) is 0 Å². The predicted molar refractivity (Wildman–Crippen MR) is 103 cm³/mol. The van der Waals surface area contributed by atoms with Gasteiger partial charge in [-0.1, -0.05) is 38.3 Å². The maximum absolute atomic E-state index is 11.5. The molecular formula is C20H30N4O. The molecule has 1 aliphatic carbocycles. The van der Waals surface area contributed by atoms with Gasteiger partial charge in [-0.05, 0) is 37.8 Å². The van der Waals surface area contributed by atoms with E-state index in [-0.39, 0.29) is 5.91 Å². The highest BCUT2D eigenvalue weighted by molar-refractivity contribution is 5.79. The second-order valence-electron chi connectivity index (χ2n) is 6.97. The smallest absolute Gasteiger partial charge is 0.219 e. The van der Waals surface area contributed by atoms with Gasteiger partial charge in [0.2, 0.25) is 11.9 Å². The van der Waals surface area contributed by atoms with Crippen LogP contribution in [0.15, 0.2) is 24.3 Å². The summed E-state index contributed by atoms with van der Waals surface area (Å²) >= 11 is 0.